The van der Waals surface area contributed by atoms with Gasteiger partial charge in [-0.25, -0.2) is 4.79 Å². The van der Waals surface area contributed by atoms with E-state index in [2.05, 4.69) is 27.5 Å². The van der Waals surface area contributed by atoms with Crippen LogP contribution in [0.25, 0.3) is 5.70 Å². The molecule has 2 aromatic carbocycles. The number of thioether (sulfide) groups is 1. The number of aromatic nitrogens is 1. The van der Waals surface area contributed by atoms with Gasteiger partial charge in [0, 0.05) is 46.5 Å². The number of nitrogens with zero attached hydrogens (tertiary/aromatic N) is 1. The fourth-order valence-electron chi connectivity index (χ4n) is 2.94. The van der Waals surface area contributed by atoms with E-state index >= 15 is 0 Å². The fraction of sp³-hybridized carbons (Fsp3) is 0.120. The molecule has 9 heteroatoms. The lowest BCUT2D eigenvalue weighted by Crippen LogP contribution is -2.20. The molecule has 176 valence electrons. The quantitative estimate of drug-likeness (QED) is 0.316. The van der Waals surface area contributed by atoms with E-state index in [0.29, 0.717) is 33.6 Å². The molecule has 5 N–H and O–H groups in total. The number of carbonyl (C=O) groups is 1. The lowest BCUT2D eigenvalue weighted by molar-refractivity contribution is 0.262. The highest BCUT2D eigenvalue weighted by Crippen LogP contribution is 2.30. The smallest absolute Gasteiger partial charge is 0.323 e. The van der Waals surface area contributed by atoms with Gasteiger partial charge in [0.1, 0.15) is 11.5 Å². The predicted molar refractivity (Wildman–Crippen MR) is 140 cm³/mol. The first kappa shape index (κ1) is 24.5. The molecule has 0 saturated heterocycles. The van der Waals surface area contributed by atoms with E-state index in [1.165, 1.54) is 18.9 Å². The van der Waals surface area contributed by atoms with Crippen LogP contribution in [0.1, 0.15) is 11.1 Å². The lowest BCUT2D eigenvalue weighted by atomic mass is 10.2. The number of benzene rings is 2. The summed E-state index contributed by atoms with van der Waals surface area (Å²) in [4.78, 5) is 16.6. The van der Waals surface area contributed by atoms with Gasteiger partial charge < -0.3 is 31.2 Å². The molecule has 0 aliphatic rings. The Morgan fingerprint density at radius 3 is 2.59 bits per heavy atom. The fourth-order valence-corrected chi connectivity index (χ4v) is 3.51. The van der Waals surface area contributed by atoms with E-state index < -0.39 is 6.03 Å². The number of pyridine rings is 1. The van der Waals surface area contributed by atoms with E-state index in [-0.39, 0.29) is 0 Å². The number of urea groups is 1. The van der Waals surface area contributed by atoms with Crippen molar-refractivity contribution >= 4 is 40.6 Å². The molecule has 0 bridgehead atoms. The zero-order valence-electron chi connectivity index (χ0n) is 19.2. The Labute approximate surface area is 203 Å². The van der Waals surface area contributed by atoms with Crippen LogP contribution in [0.2, 0.25) is 0 Å². The Hall–Kier alpha value is -4.11. The highest BCUT2D eigenvalue weighted by Gasteiger charge is 2.10. The molecule has 3 aromatic rings. The summed E-state index contributed by atoms with van der Waals surface area (Å²) in [7, 11) is 3.09. The molecule has 3 rings (SSSR count). The van der Waals surface area contributed by atoms with Gasteiger partial charge in [-0.2, -0.15) is 0 Å². The summed E-state index contributed by atoms with van der Waals surface area (Å²) in [6.45, 7) is 6.01. The average molecular weight is 478 g/mol. The predicted octanol–water partition coefficient (Wildman–Crippen LogP) is 5.62. The highest BCUT2D eigenvalue weighted by molar-refractivity contribution is 8.06. The van der Waals surface area contributed by atoms with E-state index in [0.717, 1.165) is 16.8 Å². The summed E-state index contributed by atoms with van der Waals surface area (Å²) >= 11 is 1.37. The molecule has 0 aliphatic carbocycles. The molecule has 0 radical (unpaired) electrons. The first-order chi connectivity index (χ1) is 16.4. The summed E-state index contributed by atoms with van der Waals surface area (Å²) in [6.07, 6.45) is 3.40. The summed E-state index contributed by atoms with van der Waals surface area (Å²) in [5, 5.41) is 11.4. The highest BCUT2D eigenvalue weighted by atomic mass is 32.2. The van der Waals surface area contributed by atoms with Crippen LogP contribution in [0.5, 0.6) is 11.5 Å². The number of anilines is 3. The van der Waals surface area contributed by atoms with Crippen LogP contribution >= 0.6 is 11.8 Å². The Morgan fingerprint density at radius 1 is 1.06 bits per heavy atom. The summed E-state index contributed by atoms with van der Waals surface area (Å²) in [5.41, 5.74) is 10.5. The first-order valence-corrected chi connectivity index (χ1v) is 11.2. The minimum absolute atomic E-state index is 0.404. The number of amides is 2. The monoisotopic (exact) mass is 477 g/mol. The van der Waals surface area contributed by atoms with Gasteiger partial charge in [-0.05, 0) is 48.9 Å². The third-order valence-electron chi connectivity index (χ3n) is 4.75. The van der Waals surface area contributed by atoms with Crippen molar-refractivity contribution in [3.63, 3.8) is 0 Å². The number of carbonyl (C=O) groups excluding carboxylic acids is 1. The van der Waals surface area contributed by atoms with Gasteiger partial charge in [0.15, 0.2) is 0 Å². The molecular weight excluding hydrogens is 450 g/mol. The molecule has 2 amide bonds. The topological polar surface area (TPSA) is 111 Å². The SMILES string of the molecule is C=C(Nc1cc(NC(=O)Nc2ccc(OC)cc2OC)ccc1C)S/C=C(\N)c1cccnc1. The largest absolute Gasteiger partial charge is 0.497 e. The maximum Gasteiger partial charge on any atom is 0.323 e. The van der Waals surface area contributed by atoms with Crippen molar-refractivity contribution in [2.24, 2.45) is 5.73 Å². The number of nitrogens with two attached hydrogens (primary N) is 1. The van der Waals surface area contributed by atoms with E-state index in [1.807, 2.05) is 37.3 Å². The molecular formula is C25H27N5O3S. The molecule has 1 aromatic heterocycles. The molecule has 0 unspecified atom stereocenters. The number of hydrogen-bond acceptors (Lipinski definition) is 7. The van der Waals surface area contributed by atoms with Gasteiger partial charge in [-0.15, -0.1) is 0 Å². The second-order valence-electron chi connectivity index (χ2n) is 7.16. The number of aryl methyl sites for hydroxylation is 1. The average Bonchev–Trinajstić information content (AvgIpc) is 2.85. The Morgan fingerprint density at radius 2 is 1.88 bits per heavy atom. The third kappa shape index (κ3) is 6.69. The molecule has 8 nitrogen and oxygen atoms in total. The van der Waals surface area contributed by atoms with E-state index in [1.54, 1.807) is 43.1 Å². The van der Waals surface area contributed by atoms with E-state index in [4.69, 9.17) is 15.2 Å². The Balaban J connectivity index is 1.63. The number of hydrogen-bond donors (Lipinski definition) is 4. The van der Waals surface area contributed by atoms with Gasteiger partial charge >= 0.3 is 6.03 Å². The lowest BCUT2D eigenvalue weighted by Gasteiger charge is -2.15. The van der Waals surface area contributed by atoms with Crippen LogP contribution in [-0.2, 0) is 0 Å². The number of ether oxygens (including phenoxy) is 2. The van der Waals surface area contributed by atoms with E-state index in [9.17, 15) is 4.79 Å². The van der Waals surface area contributed by atoms with Gasteiger partial charge in [-0.3, -0.25) is 4.98 Å². The molecule has 34 heavy (non-hydrogen) atoms. The Bertz CT molecular complexity index is 1200. The van der Waals surface area contributed by atoms with Crippen molar-refractivity contribution in [1.29, 1.82) is 0 Å². The molecule has 0 spiro atoms. The van der Waals surface area contributed by atoms with Crippen LogP contribution in [-0.4, -0.2) is 25.2 Å². The normalized spacial score (nSPS) is 10.9. The molecule has 0 aliphatic heterocycles. The maximum absolute atomic E-state index is 12.6. The Kier molecular flexibility index (Phi) is 8.42. The molecule has 0 atom stereocenters. The van der Waals surface area contributed by atoms with Crippen molar-refractivity contribution in [3.8, 4) is 11.5 Å². The van der Waals surface area contributed by atoms with Gasteiger partial charge in [-0.1, -0.05) is 24.4 Å². The standard InChI is InChI=1S/C25H27N5O3S/c1-16-7-8-19(29-25(31)30-22-10-9-20(32-3)13-24(22)33-4)12-23(16)28-17(2)34-15-21(26)18-6-5-11-27-14-18/h5-15,28H,2,26H2,1,3-4H3,(H2,29,30,31)/b21-15-. The van der Waals surface area contributed by atoms with Crippen LogP contribution in [0.3, 0.4) is 0 Å². The molecule has 0 fully saturated rings. The maximum atomic E-state index is 12.6. The van der Waals surface area contributed by atoms with Crippen LogP contribution in [0.4, 0.5) is 21.9 Å². The van der Waals surface area contributed by atoms with Crippen molar-refractivity contribution in [1.82, 2.24) is 4.98 Å². The van der Waals surface area contributed by atoms with Crippen molar-refractivity contribution in [2.75, 3.05) is 30.2 Å². The van der Waals surface area contributed by atoms with Gasteiger partial charge in [0.25, 0.3) is 0 Å². The number of nitrogens with one attached hydrogen (secondary N) is 3. The van der Waals surface area contributed by atoms with Gasteiger partial charge in [0.05, 0.1) is 24.9 Å². The van der Waals surface area contributed by atoms with Crippen molar-refractivity contribution < 1.29 is 14.3 Å². The van der Waals surface area contributed by atoms with Crippen molar-refractivity contribution in [2.45, 2.75) is 6.92 Å². The number of methoxy groups -OCH3 is 2. The van der Waals surface area contributed by atoms with Crippen molar-refractivity contribution in [3.05, 3.63) is 89.1 Å². The zero-order valence-corrected chi connectivity index (χ0v) is 20.0. The summed E-state index contributed by atoms with van der Waals surface area (Å²) < 4.78 is 10.5. The van der Waals surface area contributed by atoms with Crippen LogP contribution < -0.4 is 31.2 Å². The zero-order chi connectivity index (χ0) is 24.5. The second kappa shape index (κ2) is 11.7. The number of rotatable bonds is 9. The molecule has 1 heterocycles. The van der Waals surface area contributed by atoms with Crippen LogP contribution in [0, 0.1) is 6.92 Å². The summed E-state index contributed by atoms with van der Waals surface area (Å²) in [6, 6.07) is 14.0. The summed E-state index contributed by atoms with van der Waals surface area (Å²) in [5.74, 6) is 1.12. The first-order valence-electron chi connectivity index (χ1n) is 10.3. The minimum atomic E-state index is -0.404. The minimum Gasteiger partial charge on any atom is -0.497 e. The third-order valence-corrected chi connectivity index (χ3v) is 5.51. The van der Waals surface area contributed by atoms with Gasteiger partial charge in [0.2, 0.25) is 0 Å². The van der Waals surface area contributed by atoms with Crippen LogP contribution in [0.15, 0.2) is 77.9 Å². The second-order valence-corrected chi connectivity index (χ2v) is 8.12. The molecule has 0 saturated carbocycles.